The SMILES string of the molecule is CC(C)N1CCC(Cc2nnc3cccc(Cl)n23)CC1. The molecule has 0 atom stereocenters. The summed E-state index contributed by atoms with van der Waals surface area (Å²) in [5, 5.41) is 9.22. The monoisotopic (exact) mass is 292 g/mol. The molecule has 0 saturated carbocycles. The molecule has 0 amide bonds. The molecule has 1 aliphatic heterocycles. The fourth-order valence-electron chi connectivity index (χ4n) is 3.02. The average Bonchev–Trinajstić information content (AvgIpc) is 2.84. The van der Waals surface area contributed by atoms with E-state index in [2.05, 4.69) is 28.9 Å². The second-order valence-electron chi connectivity index (χ2n) is 5.94. The van der Waals surface area contributed by atoms with Crippen LogP contribution in [-0.2, 0) is 6.42 Å². The number of likely N-dealkylation sites (tertiary alicyclic amines) is 1. The minimum Gasteiger partial charge on any atom is -0.301 e. The van der Waals surface area contributed by atoms with Crippen LogP contribution in [0.25, 0.3) is 5.65 Å². The Kier molecular flexibility index (Phi) is 3.94. The zero-order valence-corrected chi connectivity index (χ0v) is 12.8. The highest BCUT2D eigenvalue weighted by molar-refractivity contribution is 6.29. The summed E-state index contributed by atoms with van der Waals surface area (Å²) < 4.78 is 1.97. The van der Waals surface area contributed by atoms with Gasteiger partial charge in [-0.15, -0.1) is 10.2 Å². The van der Waals surface area contributed by atoms with Crippen LogP contribution in [0.4, 0.5) is 0 Å². The smallest absolute Gasteiger partial charge is 0.161 e. The van der Waals surface area contributed by atoms with Gasteiger partial charge in [0.25, 0.3) is 0 Å². The van der Waals surface area contributed by atoms with Crippen molar-refractivity contribution in [1.29, 1.82) is 0 Å². The fourth-order valence-corrected chi connectivity index (χ4v) is 3.28. The molecule has 2 aromatic heterocycles. The van der Waals surface area contributed by atoms with Crippen LogP contribution >= 0.6 is 11.6 Å². The van der Waals surface area contributed by atoms with E-state index in [1.54, 1.807) is 0 Å². The molecule has 20 heavy (non-hydrogen) atoms. The van der Waals surface area contributed by atoms with Gasteiger partial charge >= 0.3 is 0 Å². The normalized spacial score (nSPS) is 18.2. The minimum absolute atomic E-state index is 0.652. The van der Waals surface area contributed by atoms with Crippen LogP contribution in [0.2, 0.25) is 5.15 Å². The van der Waals surface area contributed by atoms with Crippen molar-refractivity contribution in [2.24, 2.45) is 5.92 Å². The molecule has 0 unspecified atom stereocenters. The lowest BCUT2D eigenvalue weighted by Crippen LogP contribution is -2.39. The summed E-state index contributed by atoms with van der Waals surface area (Å²) in [7, 11) is 0. The van der Waals surface area contributed by atoms with Crippen molar-refractivity contribution in [3.8, 4) is 0 Å². The Bertz CT molecular complexity index is 585. The molecule has 0 spiro atoms. The maximum atomic E-state index is 6.26. The van der Waals surface area contributed by atoms with Crippen LogP contribution in [0, 0.1) is 5.92 Å². The molecule has 0 aromatic carbocycles. The lowest BCUT2D eigenvalue weighted by atomic mass is 9.92. The standard InChI is InChI=1S/C15H21ClN4/c1-11(2)19-8-6-12(7-9-19)10-15-18-17-14-5-3-4-13(16)20(14)15/h3-5,11-12H,6-10H2,1-2H3. The Morgan fingerprint density at radius 3 is 2.70 bits per heavy atom. The van der Waals surface area contributed by atoms with E-state index in [1.807, 2.05) is 22.6 Å². The molecule has 5 heteroatoms. The van der Waals surface area contributed by atoms with Crippen LogP contribution in [0.15, 0.2) is 18.2 Å². The number of hydrogen-bond donors (Lipinski definition) is 0. The topological polar surface area (TPSA) is 33.4 Å². The molecule has 0 bridgehead atoms. The van der Waals surface area contributed by atoms with Crippen LogP contribution in [0.5, 0.6) is 0 Å². The molecule has 1 aliphatic rings. The van der Waals surface area contributed by atoms with Gasteiger partial charge < -0.3 is 4.90 Å². The highest BCUT2D eigenvalue weighted by Gasteiger charge is 2.22. The van der Waals surface area contributed by atoms with E-state index < -0.39 is 0 Å². The van der Waals surface area contributed by atoms with Gasteiger partial charge in [0.2, 0.25) is 0 Å². The Hall–Kier alpha value is -1.13. The predicted molar refractivity (Wildman–Crippen MR) is 81.1 cm³/mol. The first kappa shape index (κ1) is 13.8. The Morgan fingerprint density at radius 2 is 2.00 bits per heavy atom. The highest BCUT2D eigenvalue weighted by Crippen LogP contribution is 2.23. The third-order valence-corrected chi connectivity index (χ3v) is 4.59. The van der Waals surface area contributed by atoms with Gasteiger partial charge in [-0.25, -0.2) is 0 Å². The molecule has 3 heterocycles. The van der Waals surface area contributed by atoms with Gasteiger partial charge in [-0.1, -0.05) is 17.7 Å². The molecular weight excluding hydrogens is 272 g/mol. The van der Waals surface area contributed by atoms with E-state index >= 15 is 0 Å². The number of pyridine rings is 1. The van der Waals surface area contributed by atoms with Crippen molar-refractivity contribution in [3.05, 3.63) is 29.2 Å². The Labute approximate surface area is 124 Å². The summed E-state index contributed by atoms with van der Waals surface area (Å²) in [5.74, 6) is 1.68. The van der Waals surface area contributed by atoms with Gasteiger partial charge in [0.05, 0.1) is 0 Å². The van der Waals surface area contributed by atoms with E-state index in [-0.39, 0.29) is 0 Å². The second kappa shape index (κ2) is 5.70. The molecule has 3 rings (SSSR count). The largest absolute Gasteiger partial charge is 0.301 e. The molecular formula is C15H21ClN4. The van der Waals surface area contributed by atoms with E-state index in [0.717, 1.165) is 17.9 Å². The third kappa shape index (κ3) is 2.67. The molecule has 0 aliphatic carbocycles. The van der Waals surface area contributed by atoms with Crippen molar-refractivity contribution in [2.45, 2.75) is 39.2 Å². The zero-order chi connectivity index (χ0) is 14.1. The first-order valence-corrected chi connectivity index (χ1v) is 7.75. The number of halogens is 1. The average molecular weight is 293 g/mol. The first-order chi connectivity index (χ1) is 9.65. The molecule has 1 fully saturated rings. The van der Waals surface area contributed by atoms with Crippen LogP contribution < -0.4 is 0 Å². The second-order valence-corrected chi connectivity index (χ2v) is 6.32. The maximum absolute atomic E-state index is 6.26. The van der Waals surface area contributed by atoms with Crippen LogP contribution in [0.1, 0.15) is 32.5 Å². The van der Waals surface area contributed by atoms with E-state index in [9.17, 15) is 0 Å². The van der Waals surface area contributed by atoms with Gasteiger partial charge in [-0.3, -0.25) is 4.40 Å². The first-order valence-electron chi connectivity index (χ1n) is 7.37. The quantitative estimate of drug-likeness (QED) is 0.815. The molecule has 0 radical (unpaired) electrons. The number of hydrogen-bond acceptors (Lipinski definition) is 3. The zero-order valence-electron chi connectivity index (χ0n) is 12.1. The number of aromatic nitrogens is 3. The van der Waals surface area contributed by atoms with E-state index in [0.29, 0.717) is 17.1 Å². The fraction of sp³-hybridized carbons (Fsp3) is 0.600. The predicted octanol–water partition coefficient (Wildman–Crippen LogP) is 3.05. The van der Waals surface area contributed by atoms with Crippen LogP contribution in [-0.4, -0.2) is 38.6 Å². The number of rotatable bonds is 3. The molecule has 0 N–H and O–H groups in total. The highest BCUT2D eigenvalue weighted by atomic mass is 35.5. The van der Waals surface area contributed by atoms with E-state index in [1.165, 1.54) is 25.9 Å². The van der Waals surface area contributed by atoms with Gasteiger partial charge in [-0.2, -0.15) is 0 Å². The third-order valence-electron chi connectivity index (χ3n) is 4.30. The Morgan fingerprint density at radius 1 is 1.25 bits per heavy atom. The van der Waals surface area contributed by atoms with Crippen molar-refractivity contribution >= 4 is 17.2 Å². The van der Waals surface area contributed by atoms with Gasteiger partial charge in [-0.05, 0) is 57.8 Å². The van der Waals surface area contributed by atoms with Gasteiger partial charge in [0.1, 0.15) is 11.0 Å². The summed E-state index contributed by atoms with van der Waals surface area (Å²) in [6, 6.07) is 6.41. The number of piperidine rings is 1. The summed E-state index contributed by atoms with van der Waals surface area (Å²) >= 11 is 6.26. The van der Waals surface area contributed by atoms with Crippen LogP contribution in [0.3, 0.4) is 0 Å². The summed E-state index contributed by atoms with van der Waals surface area (Å²) in [4.78, 5) is 2.55. The lowest BCUT2D eigenvalue weighted by Gasteiger charge is -2.34. The molecule has 108 valence electrons. The van der Waals surface area contributed by atoms with Crippen molar-refractivity contribution in [1.82, 2.24) is 19.5 Å². The summed E-state index contributed by atoms with van der Waals surface area (Å²) in [5.41, 5.74) is 0.840. The maximum Gasteiger partial charge on any atom is 0.161 e. The lowest BCUT2D eigenvalue weighted by molar-refractivity contribution is 0.148. The number of fused-ring (bicyclic) bond motifs is 1. The molecule has 2 aromatic rings. The summed E-state index contributed by atoms with van der Waals surface area (Å²) in [6.07, 6.45) is 3.44. The van der Waals surface area contributed by atoms with Crippen molar-refractivity contribution in [3.63, 3.8) is 0 Å². The summed E-state index contributed by atoms with van der Waals surface area (Å²) in [6.45, 7) is 6.91. The molecule has 1 saturated heterocycles. The van der Waals surface area contributed by atoms with E-state index in [4.69, 9.17) is 11.6 Å². The van der Waals surface area contributed by atoms with Gasteiger partial charge in [0, 0.05) is 12.5 Å². The minimum atomic E-state index is 0.652. The van der Waals surface area contributed by atoms with Gasteiger partial charge in [0.15, 0.2) is 5.65 Å². The Balaban J connectivity index is 1.72. The number of nitrogens with zero attached hydrogens (tertiary/aromatic N) is 4. The van der Waals surface area contributed by atoms with Crippen molar-refractivity contribution < 1.29 is 0 Å². The molecule has 4 nitrogen and oxygen atoms in total. The van der Waals surface area contributed by atoms with Crippen molar-refractivity contribution in [2.75, 3.05) is 13.1 Å².